The van der Waals surface area contributed by atoms with Crippen LogP contribution in [0.15, 0.2) is 18.2 Å². The molecule has 104 valence electrons. The number of benzene rings is 1. The molecule has 0 atom stereocenters. The lowest BCUT2D eigenvalue weighted by Crippen LogP contribution is -2.45. The van der Waals surface area contributed by atoms with Crippen LogP contribution in [0, 0.1) is 12.3 Å². The number of rotatable bonds is 5. The molecule has 5 heteroatoms. The van der Waals surface area contributed by atoms with Crippen molar-refractivity contribution in [2.24, 2.45) is 11.1 Å². The van der Waals surface area contributed by atoms with Gasteiger partial charge < -0.3 is 11.1 Å². The summed E-state index contributed by atoms with van der Waals surface area (Å²) in [4.78, 5) is 12.7. The maximum Gasteiger partial charge on any atom is 0.237 e. The summed E-state index contributed by atoms with van der Waals surface area (Å²) in [6.07, 6.45) is 1.13. The Hall–Kier alpha value is -1.13. The van der Waals surface area contributed by atoms with Crippen molar-refractivity contribution in [2.75, 3.05) is 5.32 Å². The zero-order valence-electron chi connectivity index (χ0n) is 11.4. The molecular weight excluding hydrogens is 280 g/mol. The summed E-state index contributed by atoms with van der Waals surface area (Å²) in [6.45, 7) is 5.74. The van der Waals surface area contributed by atoms with Gasteiger partial charge in [0.2, 0.25) is 5.91 Å². The highest BCUT2D eigenvalue weighted by molar-refractivity contribution is 7.80. The average molecular weight is 299 g/mol. The number of carbonyl (C=O) groups excluding carboxylic acids is 1. The number of thiocarbonyl (C=S) groups is 1. The van der Waals surface area contributed by atoms with Crippen LogP contribution in [0.3, 0.4) is 0 Å². The Morgan fingerprint density at radius 3 is 2.42 bits per heavy atom. The second kappa shape index (κ2) is 6.35. The minimum absolute atomic E-state index is 0.198. The molecule has 1 aromatic rings. The summed E-state index contributed by atoms with van der Waals surface area (Å²) in [7, 11) is 0. The Kier molecular flexibility index (Phi) is 5.32. The first kappa shape index (κ1) is 15.9. The van der Waals surface area contributed by atoms with Crippen molar-refractivity contribution in [3.63, 3.8) is 0 Å². The van der Waals surface area contributed by atoms with Crippen LogP contribution in [0.5, 0.6) is 0 Å². The standard InChI is InChI=1S/C14H19ClN2OS/c1-4-14(5-2,12(16)19)13(18)17-11-7-6-9(3)8-10(11)15/h6-8H,4-5H2,1-3H3,(H2,16,19)(H,17,18). The Morgan fingerprint density at radius 2 is 2.00 bits per heavy atom. The third-order valence-electron chi connectivity index (χ3n) is 3.49. The highest BCUT2D eigenvalue weighted by Crippen LogP contribution is 2.31. The SMILES string of the molecule is CCC(CC)(C(=O)Nc1ccc(C)cc1Cl)C(N)=S. The highest BCUT2D eigenvalue weighted by Gasteiger charge is 2.38. The second-order valence-corrected chi connectivity index (χ2v) is 5.44. The third-order valence-corrected chi connectivity index (χ3v) is 4.19. The first-order valence-electron chi connectivity index (χ1n) is 6.25. The Morgan fingerprint density at radius 1 is 1.42 bits per heavy atom. The van der Waals surface area contributed by atoms with Crippen molar-refractivity contribution in [1.29, 1.82) is 0 Å². The van der Waals surface area contributed by atoms with Gasteiger partial charge in [0.05, 0.1) is 21.1 Å². The van der Waals surface area contributed by atoms with E-state index in [0.29, 0.717) is 23.6 Å². The van der Waals surface area contributed by atoms with Crippen molar-refractivity contribution in [2.45, 2.75) is 33.6 Å². The van der Waals surface area contributed by atoms with E-state index in [-0.39, 0.29) is 10.9 Å². The highest BCUT2D eigenvalue weighted by atomic mass is 35.5. The van der Waals surface area contributed by atoms with Crippen LogP contribution in [0.25, 0.3) is 0 Å². The summed E-state index contributed by atoms with van der Waals surface area (Å²) >= 11 is 11.2. The fourth-order valence-electron chi connectivity index (χ4n) is 1.99. The quantitative estimate of drug-likeness (QED) is 0.815. The van der Waals surface area contributed by atoms with Gasteiger partial charge in [-0.05, 0) is 37.5 Å². The van der Waals surface area contributed by atoms with E-state index in [4.69, 9.17) is 29.6 Å². The average Bonchev–Trinajstić information content (AvgIpc) is 2.34. The number of carbonyl (C=O) groups is 1. The van der Waals surface area contributed by atoms with Crippen LogP contribution in [0.2, 0.25) is 5.02 Å². The maximum atomic E-state index is 12.4. The van der Waals surface area contributed by atoms with Gasteiger partial charge in [0.1, 0.15) is 0 Å². The molecule has 0 aliphatic heterocycles. The van der Waals surface area contributed by atoms with Crippen LogP contribution in [-0.2, 0) is 4.79 Å². The molecule has 1 rings (SSSR count). The van der Waals surface area contributed by atoms with Crippen LogP contribution in [0.4, 0.5) is 5.69 Å². The van der Waals surface area contributed by atoms with Gasteiger partial charge in [-0.3, -0.25) is 4.79 Å². The molecule has 0 saturated heterocycles. The molecule has 3 N–H and O–H groups in total. The van der Waals surface area contributed by atoms with E-state index in [2.05, 4.69) is 5.32 Å². The molecule has 0 aromatic heterocycles. The zero-order chi connectivity index (χ0) is 14.6. The summed E-state index contributed by atoms with van der Waals surface area (Å²) < 4.78 is 0. The number of nitrogens with two attached hydrogens (primary N) is 1. The van der Waals surface area contributed by atoms with Crippen LogP contribution < -0.4 is 11.1 Å². The van der Waals surface area contributed by atoms with Crippen molar-refractivity contribution >= 4 is 40.4 Å². The predicted molar refractivity (Wildman–Crippen MR) is 84.6 cm³/mol. The van der Waals surface area contributed by atoms with Crippen LogP contribution in [0.1, 0.15) is 32.3 Å². The number of anilines is 1. The van der Waals surface area contributed by atoms with Crippen molar-refractivity contribution in [1.82, 2.24) is 0 Å². The smallest absolute Gasteiger partial charge is 0.237 e. The molecule has 0 aliphatic carbocycles. The number of amides is 1. The minimum Gasteiger partial charge on any atom is -0.392 e. The van der Waals surface area contributed by atoms with Gasteiger partial charge in [0.15, 0.2) is 0 Å². The molecule has 0 heterocycles. The molecule has 0 unspecified atom stereocenters. The summed E-state index contributed by atoms with van der Waals surface area (Å²) in [5.74, 6) is -0.198. The fraction of sp³-hybridized carbons (Fsp3) is 0.429. The van der Waals surface area contributed by atoms with Crippen LogP contribution >= 0.6 is 23.8 Å². The van der Waals surface area contributed by atoms with E-state index in [1.165, 1.54) is 0 Å². The molecule has 0 spiro atoms. The monoisotopic (exact) mass is 298 g/mol. The molecule has 0 saturated carbocycles. The van der Waals surface area contributed by atoms with Crippen molar-refractivity contribution in [3.8, 4) is 0 Å². The number of hydrogen-bond donors (Lipinski definition) is 2. The predicted octanol–water partition coefficient (Wildman–Crippen LogP) is 3.68. The van der Waals surface area contributed by atoms with E-state index >= 15 is 0 Å². The topological polar surface area (TPSA) is 55.1 Å². The molecule has 3 nitrogen and oxygen atoms in total. The van der Waals surface area contributed by atoms with E-state index in [1.54, 1.807) is 12.1 Å². The van der Waals surface area contributed by atoms with E-state index in [9.17, 15) is 4.79 Å². The Bertz CT molecular complexity index is 498. The summed E-state index contributed by atoms with van der Waals surface area (Å²) in [5.41, 5.74) is 6.55. The first-order chi connectivity index (χ1) is 8.87. The molecule has 0 fully saturated rings. The zero-order valence-corrected chi connectivity index (χ0v) is 13.0. The number of halogens is 1. The Balaban J connectivity index is 3.03. The maximum absolute atomic E-state index is 12.4. The lowest BCUT2D eigenvalue weighted by Gasteiger charge is -2.29. The number of nitrogens with one attached hydrogen (secondary N) is 1. The van der Waals surface area contributed by atoms with Gasteiger partial charge >= 0.3 is 0 Å². The molecule has 0 radical (unpaired) electrons. The normalized spacial score (nSPS) is 11.2. The number of hydrogen-bond acceptors (Lipinski definition) is 2. The summed E-state index contributed by atoms with van der Waals surface area (Å²) in [5, 5.41) is 3.33. The Labute approximate surface area is 124 Å². The minimum atomic E-state index is -0.816. The molecule has 1 aromatic carbocycles. The summed E-state index contributed by atoms with van der Waals surface area (Å²) in [6, 6.07) is 5.48. The van der Waals surface area contributed by atoms with E-state index in [1.807, 2.05) is 26.8 Å². The third kappa shape index (κ3) is 3.25. The van der Waals surface area contributed by atoms with E-state index in [0.717, 1.165) is 5.56 Å². The van der Waals surface area contributed by atoms with Gasteiger partial charge in [0.25, 0.3) is 0 Å². The van der Waals surface area contributed by atoms with Crippen LogP contribution in [-0.4, -0.2) is 10.9 Å². The largest absolute Gasteiger partial charge is 0.392 e. The van der Waals surface area contributed by atoms with Gasteiger partial charge in [-0.1, -0.05) is 43.7 Å². The second-order valence-electron chi connectivity index (χ2n) is 4.59. The first-order valence-corrected chi connectivity index (χ1v) is 7.03. The molecule has 0 aliphatic rings. The lowest BCUT2D eigenvalue weighted by molar-refractivity contribution is -0.122. The van der Waals surface area contributed by atoms with Crippen molar-refractivity contribution < 1.29 is 4.79 Å². The molecular formula is C14H19ClN2OS. The fourth-order valence-corrected chi connectivity index (χ4v) is 2.66. The van der Waals surface area contributed by atoms with Gasteiger partial charge in [-0.15, -0.1) is 0 Å². The van der Waals surface area contributed by atoms with Gasteiger partial charge in [0, 0.05) is 0 Å². The molecule has 1 amide bonds. The molecule has 0 bridgehead atoms. The lowest BCUT2D eigenvalue weighted by atomic mass is 9.81. The van der Waals surface area contributed by atoms with E-state index < -0.39 is 5.41 Å². The molecule has 19 heavy (non-hydrogen) atoms. The van der Waals surface area contributed by atoms with Gasteiger partial charge in [-0.25, -0.2) is 0 Å². The van der Waals surface area contributed by atoms with Gasteiger partial charge in [-0.2, -0.15) is 0 Å². The number of aryl methyl sites for hydroxylation is 1. The van der Waals surface area contributed by atoms with Crippen molar-refractivity contribution in [3.05, 3.63) is 28.8 Å².